The van der Waals surface area contributed by atoms with Crippen molar-refractivity contribution in [1.29, 1.82) is 0 Å². The van der Waals surface area contributed by atoms with Crippen LogP contribution >= 0.6 is 22.9 Å². The minimum atomic E-state index is -0.108. The zero-order chi connectivity index (χ0) is 20.0. The number of piperazine rings is 1. The van der Waals surface area contributed by atoms with E-state index in [9.17, 15) is 5.11 Å². The van der Waals surface area contributed by atoms with E-state index in [1.54, 1.807) is 18.4 Å². The number of halogens is 1. The molecule has 0 bridgehead atoms. The molecule has 7 nitrogen and oxygen atoms in total. The molecule has 1 N–H and O–H groups in total. The Bertz CT molecular complexity index is 1130. The lowest BCUT2D eigenvalue weighted by Gasteiger charge is -2.37. The number of fused-ring (bicyclic) bond motifs is 1. The third-order valence-electron chi connectivity index (χ3n) is 5.26. The molecule has 150 valence electrons. The van der Waals surface area contributed by atoms with E-state index in [0.717, 1.165) is 36.6 Å². The van der Waals surface area contributed by atoms with E-state index in [4.69, 9.17) is 16.0 Å². The summed E-state index contributed by atoms with van der Waals surface area (Å²) in [4.78, 5) is 10.7. The van der Waals surface area contributed by atoms with Crippen molar-refractivity contribution < 1.29 is 9.52 Å². The van der Waals surface area contributed by atoms with E-state index in [1.807, 2.05) is 18.2 Å². The number of nitrogens with zero attached hydrogens (tertiary/aromatic N) is 5. The first-order valence-corrected chi connectivity index (χ1v) is 10.6. The fourth-order valence-corrected chi connectivity index (χ4v) is 5.04. The maximum Gasteiger partial charge on any atom is 0.230 e. The average molecular weight is 430 g/mol. The van der Waals surface area contributed by atoms with Crippen LogP contribution in [0.3, 0.4) is 0 Å². The van der Waals surface area contributed by atoms with Gasteiger partial charge in [0.05, 0.1) is 17.2 Å². The molecule has 0 radical (unpaired) electrons. The average Bonchev–Trinajstić information content (AvgIpc) is 3.43. The summed E-state index contributed by atoms with van der Waals surface area (Å²) in [7, 11) is 2.13. The molecule has 0 saturated carbocycles. The quantitative estimate of drug-likeness (QED) is 0.532. The zero-order valence-electron chi connectivity index (χ0n) is 15.8. The lowest BCUT2D eigenvalue weighted by atomic mass is 10.0. The number of thiazole rings is 1. The number of likely N-dealkylation sites (N-methyl/N-ethyl adjacent to an activating group) is 1. The van der Waals surface area contributed by atoms with Crippen molar-refractivity contribution in [2.75, 3.05) is 33.2 Å². The van der Waals surface area contributed by atoms with Gasteiger partial charge in [-0.05, 0) is 36.9 Å². The van der Waals surface area contributed by atoms with Crippen LogP contribution in [-0.4, -0.2) is 62.7 Å². The van der Waals surface area contributed by atoms with E-state index in [1.165, 1.54) is 15.9 Å². The fourth-order valence-electron chi connectivity index (χ4n) is 3.72. The first kappa shape index (κ1) is 18.6. The summed E-state index contributed by atoms with van der Waals surface area (Å²) < 4.78 is 6.87. The summed E-state index contributed by atoms with van der Waals surface area (Å²) in [6, 6.07) is 11.3. The van der Waals surface area contributed by atoms with Crippen LogP contribution < -0.4 is 0 Å². The number of aromatic nitrogens is 3. The molecule has 1 aliphatic rings. The molecule has 3 aromatic heterocycles. The maximum atomic E-state index is 11.1. The lowest BCUT2D eigenvalue weighted by molar-refractivity contribution is 0.127. The van der Waals surface area contributed by atoms with Crippen molar-refractivity contribution in [3.8, 4) is 17.5 Å². The molecule has 0 spiro atoms. The number of hydrogen-bond donors (Lipinski definition) is 1. The highest BCUT2D eigenvalue weighted by Gasteiger charge is 2.31. The molecule has 1 atom stereocenters. The first-order valence-electron chi connectivity index (χ1n) is 9.40. The summed E-state index contributed by atoms with van der Waals surface area (Å²) in [6.45, 7) is 3.75. The van der Waals surface area contributed by atoms with Crippen molar-refractivity contribution in [3.63, 3.8) is 0 Å². The van der Waals surface area contributed by atoms with Crippen LogP contribution in [0.5, 0.6) is 5.88 Å². The van der Waals surface area contributed by atoms with E-state index >= 15 is 0 Å². The molecule has 1 unspecified atom stereocenters. The summed E-state index contributed by atoms with van der Waals surface area (Å²) in [5.74, 6) is 1.15. The van der Waals surface area contributed by atoms with Crippen LogP contribution in [0.25, 0.3) is 16.5 Å². The normalized spacial score (nSPS) is 17.2. The summed E-state index contributed by atoms with van der Waals surface area (Å²) in [5, 5.41) is 16.2. The monoisotopic (exact) mass is 429 g/mol. The van der Waals surface area contributed by atoms with Crippen LogP contribution in [0, 0.1) is 0 Å². The van der Waals surface area contributed by atoms with Crippen LogP contribution in [0.2, 0.25) is 5.02 Å². The fraction of sp³-hybridized carbons (Fsp3) is 0.300. The third-order valence-corrected chi connectivity index (χ3v) is 6.56. The van der Waals surface area contributed by atoms with Gasteiger partial charge in [0, 0.05) is 31.2 Å². The van der Waals surface area contributed by atoms with Crippen molar-refractivity contribution in [1.82, 2.24) is 24.4 Å². The molecule has 29 heavy (non-hydrogen) atoms. The number of aromatic hydroxyl groups is 1. The molecule has 0 amide bonds. The largest absolute Gasteiger partial charge is 0.492 e. The van der Waals surface area contributed by atoms with Crippen molar-refractivity contribution in [2.45, 2.75) is 6.04 Å². The topological polar surface area (TPSA) is 70.0 Å². The van der Waals surface area contributed by atoms with E-state index in [0.29, 0.717) is 21.6 Å². The second kappa shape index (κ2) is 7.46. The van der Waals surface area contributed by atoms with Gasteiger partial charge in [0.25, 0.3) is 0 Å². The van der Waals surface area contributed by atoms with Gasteiger partial charge in [-0.3, -0.25) is 4.90 Å². The molecule has 5 rings (SSSR count). The molecule has 1 fully saturated rings. The Balaban J connectivity index is 1.59. The van der Waals surface area contributed by atoms with Gasteiger partial charge in [-0.2, -0.15) is 9.50 Å². The predicted octanol–water partition coefficient (Wildman–Crippen LogP) is 3.75. The van der Waals surface area contributed by atoms with Crippen molar-refractivity contribution in [3.05, 3.63) is 58.1 Å². The molecule has 4 heterocycles. The van der Waals surface area contributed by atoms with E-state index in [2.05, 4.69) is 33.0 Å². The molecular weight excluding hydrogens is 410 g/mol. The van der Waals surface area contributed by atoms with Crippen LogP contribution in [-0.2, 0) is 0 Å². The highest BCUT2D eigenvalue weighted by Crippen LogP contribution is 2.41. The van der Waals surface area contributed by atoms with Crippen LogP contribution in [0.1, 0.15) is 16.5 Å². The van der Waals surface area contributed by atoms with Crippen LogP contribution in [0.15, 0.2) is 47.1 Å². The molecule has 4 aromatic rings. The van der Waals surface area contributed by atoms with E-state index < -0.39 is 0 Å². The van der Waals surface area contributed by atoms with Gasteiger partial charge in [-0.25, -0.2) is 0 Å². The lowest BCUT2D eigenvalue weighted by Crippen LogP contribution is -2.46. The predicted molar refractivity (Wildman–Crippen MR) is 113 cm³/mol. The smallest absolute Gasteiger partial charge is 0.230 e. The Morgan fingerprint density at radius 2 is 2.00 bits per heavy atom. The van der Waals surface area contributed by atoms with Crippen molar-refractivity contribution >= 4 is 27.9 Å². The van der Waals surface area contributed by atoms with E-state index in [-0.39, 0.29) is 11.9 Å². The molecule has 1 aromatic carbocycles. The minimum absolute atomic E-state index is 0.108. The van der Waals surface area contributed by atoms with Crippen LogP contribution in [0.4, 0.5) is 0 Å². The Morgan fingerprint density at radius 3 is 2.69 bits per heavy atom. The van der Waals surface area contributed by atoms with Gasteiger partial charge in [-0.1, -0.05) is 35.1 Å². The van der Waals surface area contributed by atoms with Gasteiger partial charge in [0.2, 0.25) is 16.7 Å². The number of benzene rings is 1. The third kappa shape index (κ3) is 3.42. The van der Waals surface area contributed by atoms with Gasteiger partial charge >= 0.3 is 0 Å². The Morgan fingerprint density at radius 1 is 1.17 bits per heavy atom. The molecular formula is C20H20ClN5O2S. The second-order valence-corrected chi connectivity index (χ2v) is 8.64. The zero-order valence-corrected chi connectivity index (χ0v) is 17.4. The molecule has 1 saturated heterocycles. The SMILES string of the molecule is CN1CCN(C(c2cccc(Cl)c2)c2sc3nc(-c4ccco4)nn3c2O)CC1. The summed E-state index contributed by atoms with van der Waals surface area (Å²) in [5.41, 5.74) is 1.05. The van der Waals surface area contributed by atoms with Gasteiger partial charge < -0.3 is 14.4 Å². The first-order chi connectivity index (χ1) is 14.1. The molecule has 9 heteroatoms. The van der Waals surface area contributed by atoms with Gasteiger partial charge in [-0.15, -0.1) is 5.10 Å². The molecule has 0 aliphatic carbocycles. The Hall–Kier alpha value is -2.39. The second-order valence-electron chi connectivity index (χ2n) is 7.19. The molecule has 1 aliphatic heterocycles. The Kier molecular flexibility index (Phi) is 4.79. The maximum absolute atomic E-state index is 11.1. The highest BCUT2D eigenvalue weighted by atomic mass is 35.5. The number of hydrogen-bond acceptors (Lipinski definition) is 7. The van der Waals surface area contributed by atoms with Crippen molar-refractivity contribution in [2.24, 2.45) is 0 Å². The summed E-state index contributed by atoms with van der Waals surface area (Å²) >= 11 is 7.73. The summed E-state index contributed by atoms with van der Waals surface area (Å²) in [6.07, 6.45) is 1.58. The van der Waals surface area contributed by atoms with Gasteiger partial charge in [0.15, 0.2) is 5.76 Å². The standard InChI is InChI=1S/C20H20ClN5O2S/c1-24-7-9-25(10-8-24)16(13-4-2-5-14(21)12-13)17-19(27)26-20(29-17)22-18(23-26)15-6-3-11-28-15/h2-6,11-12,16,27H,7-10H2,1H3. The minimum Gasteiger partial charge on any atom is -0.492 e. The Labute approximate surface area is 176 Å². The number of rotatable bonds is 4. The number of furan rings is 1. The highest BCUT2D eigenvalue weighted by molar-refractivity contribution is 7.17. The van der Waals surface area contributed by atoms with Gasteiger partial charge in [0.1, 0.15) is 0 Å².